The van der Waals surface area contributed by atoms with Crippen molar-refractivity contribution in [3.8, 4) is 12.3 Å². The number of hydrogen-bond donors (Lipinski definition) is 0. The van der Waals surface area contributed by atoms with E-state index in [2.05, 4.69) is 5.92 Å². The monoisotopic (exact) mass is 292 g/mol. The van der Waals surface area contributed by atoms with Gasteiger partial charge in [-0.1, -0.05) is 25.0 Å². The second kappa shape index (κ2) is 5.17. The number of terminal acetylenes is 1. The average molecular weight is 292 g/mol. The van der Waals surface area contributed by atoms with Gasteiger partial charge in [-0.25, -0.2) is 8.61 Å². The third kappa shape index (κ3) is 2.04. The van der Waals surface area contributed by atoms with Crippen molar-refractivity contribution in [3.05, 3.63) is 29.8 Å². The number of hydrogen-bond acceptors (Lipinski definition) is 3. The second-order valence-electron chi connectivity index (χ2n) is 4.59. The zero-order valence-corrected chi connectivity index (χ0v) is 12.2. The van der Waals surface area contributed by atoms with Crippen LogP contribution in [-0.4, -0.2) is 31.2 Å². The lowest BCUT2D eigenvalue weighted by molar-refractivity contribution is 0.0822. The smallest absolute Gasteiger partial charge is 0.268 e. The molecule has 5 nitrogen and oxygen atoms in total. The Morgan fingerprint density at radius 2 is 2.00 bits per heavy atom. The number of nitrogens with zero attached hydrogens (tertiary/aromatic N) is 2. The molecule has 106 valence electrons. The molecule has 2 rings (SSSR count). The minimum atomic E-state index is -3.93. The largest absolute Gasteiger partial charge is 0.330 e. The molecule has 1 atom stereocenters. The van der Waals surface area contributed by atoms with Crippen molar-refractivity contribution in [1.29, 1.82) is 0 Å². The number of carbonyl (C=O) groups excluding carboxylic acids is 1. The lowest BCUT2D eigenvalue weighted by atomic mass is 10.1. The molecule has 0 saturated heterocycles. The molecular formula is C14H16N2O3S. The van der Waals surface area contributed by atoms with Crippen LogP contribution in [0.15, 0.2) is 24.3 Å². The molecule has 20 heavy (non-hydrogen) atoms. The summed E-state index contributed by atoms with van der Waals surface area (Å²) in [7, 11) is -3.93. The van der Waals surface area contributed by atoms with Gasteiger partial charge in [-0.3, -0.25) is 4.79 Å². The van der Waals surface area contributed by atoms with Gasteiger partial charge < -0.3 is 0 Å². The molecule has 0 N–H and O–H groups in total. The standard InChI is InChI=1S/C14H16N2O3S/c1-4-10-15-13-9-7-6-8-12(13)14(17)16(11(3)5-2)20(15,18)19/h1,6-9,11H,5,10H2,2-3H3. The van der Waals surface area contributed by atoms with Crippen molar-refractivity contribution in [2.24, 2.45) is 0 Å². The maximum atomic E-state index is 12.6. The van der Waals surface area contributed by atoms with E-state index in [4.69, 9.17) is 6.42 Å². The first-order chi connectivity index (χ1) is 9.45. The van der Waals surface area contributed by atoms with E-state index in [-0.39, 0.29) is 6.54 Å². The van der Waals surface area contributed by atoms with Gasteiger partial charge >= 0.3 is 10.2 Å². The molecule has 0 radical (unpaired) electrons. The van der Waals surface area contributed by atoms with Crippen LogP contribution in [-0.2, 0) is 10.2 Å². The molecule has 1 amide bonds. The Balaban J connectivity index is 2.68. The topological polar surface area (TPSA) is 57.7 Å². The van der Waals surface area contributed by atoms with Gasteiger partial charge in [0.25, 0.3) is 5.91 Å². The maximum Gasteiger partial charge on any atom is 0.330 e. The maximum absolute atomic E-state index is 12.6. The second-order valence-corrected chi connectivity index (χ2v) is 6.32. The Labute approximate surface area is 119 Å². The van der Waals surface area contributed by atoms with Crippen LogP contribution in [0.25, 0.3) is 0 Å². The molecule has 1 aliphatic rings. The quantitative estimate of drug-likeness (QED) is 0.796. The predicted octanol–water partition coefficient (Wildman–Crippen LogP) is 1.63. The number of fused-ring (bicyclic) bond motifs is 1. The van der Waals surface area contributed by atoms with E-state index >= 15 is 0 Å². The summed E-state index contributed by atoms with van der Waals surface area (Å²) in [6.07, 6.45) is 5.81. The lowest BCUT2D eigenvalue weighted by Gasteiger charge is -2.38. The summed E-state index contributed by atoms with van der Waals surface area (Å²) in [5.74, 6) is 1.84. The SMILES string of the molecule is C#CCN1c2ccccc2C(=O)N(C(C)CC)S1(=O)=O. The number of carbonyl (C=O) groups is 1. The van der Waals surface area contributed by atoms with Gasteiger partial charge in [-0.05, 0) is 25.5 Å². The minimum Gasteiger partial charge on any atom is -0.268 e. The highest BCUT2D eigenvalue weighted by Gasteiger charge is 2.43. The molecule has 1 heterocycles. The lowest BCUT2D eigenvalue weighted by Crippen LogP contribution is -2.54. The number of para-hydroxylation sites is 1. The van der Waals surface area contributed by atoms with E-state index < -0.39 is 22.2 Å². The van der Waals surface area contributed by atoms with Gasteiger partial charge in [0.1, 0.15) is 0 Å². The van der Waals surface area contributed by atoms with Crippen LogP contribution in [0.1, 0.15) is 30.6 Å². The summed E-state index contributed by atoms with van der Waals surface area (Å²) >= 11 is 0. The van der Waals surface area contributed by atoms with Crippen molar-refractivity contribution < 1.29 is 13.2 Å². The third-order valence-electron chi connectivity index (χ3n) is 3.36. The number of rotatable bonds is 3. The van der Waals surface area contributed by atoms with E-state index in [1.54, 1.807) is 31.2 Å². The molecule has 1 aromatic rings. The third-order valence-corrected chi connectivity index (χ3v) is 5.26. The zero-order valence-electron chi connectivity index (χ0n) is 11.4. The Hall–Kier alpha value is -2.00. The summed E-state index contributed by atoms with van der Waals surface area (Å²) in [5.41, 5.74) is 0.702. The number of amides is 1. The molecule has 1 aromatic carbocycles. The van der Waals surface area contributed by atoms with Crippen LogP contribution in [0.3, 0.4) is 0 Å². The Morgan fingerprint density at radius 1 is 1.35 bits per heavy atom. The molecule has 0 saturated carbocycles. The number of benzene rings is 1. The van der Waals surface area contributed by atoms with Crippen LogP contribution in [0, 0.1) is 12.3 Å². The predicted molar refractivity (Wildman–Crippen MR) is 77.5 cm³/mol. The summed E-state index contributed by atoms with van der Waals surface area (Å²) in [6.45, 7) is 3.44. The summed E-state index contributed by atoms with van der Waals surface area (Å²) in [5, 5.41) is 0. The van der Waals surface area contributed by atoms with Crippen LogP contribution in [0.5, 0.6) is 0 Å². The number of anilines is 1. The molecular weight excluding hydrogens is 276 g/mol. The molecule has 0 aromatic heterocycles. The molecule has 1 unspecified atom stereocenters. The highest BCUT2D eigenvalue weighted by molar-refractivity contribution is 7.91. The normalized spacial score (nSPS) is 18.4. The van der Waals surface area contributed by atoms with Crippen LogP contribution >= 0.6 is 0 Å². The first kappa shape index (κ1) is 14.4. The minimum absolute atomic E-state index is 0.0977. The van der Waals surface area contributed by atoms with Crippen molar-refractivity contribution in [2.75, 3.05) is 10.8 Å². The van der Waals surface area contributed by atoms with Gasteiger partial charge in [0.05, 0.1) is 17.8 Å². The first-order valence-electron chi connectivity index (χ1n) is 6.34. The fourth-order valence-electron chi connectivity index (χ4n) is 2.17. The van der Waals surface area contributed by atoms with Crippen LogP contribution in [0.4, 0.5) is 5.69 Å². The summed E-state index contributed by atoms with van der Waals surface area (Å²) in [6, 6.07) is 6.18. The van der Waals surface area contributed by atoms with Crippen molar-refractivity contribution in [1.82, 2.24) is 4.31 Å². The molecule has 0 fully saturated rings. The molecule has 0 spiro atoms. The van der Waals surface area contributed by atoms with E-state index in [0.29, 0.717) is 17.7 Å². The summed E-state index contributed by atoms with van der Waals surface area (Å²) in [4.78, 5) is 12.5. The highest BCUT2D eigenvalue weighted by atomic mass is 32.2. The fourth-order valence-corrected chi connectivity index (χ4v) is 3.94. The van der Waals surface area contributed by atoms with Crippen LogP contribution < -0.4 is 4.31 Å². The van der Waals surface area contributed by atoms with Crippen LogP contribution in [0.2, 0.25) is 0 Å². The van der Waals surface area contributed by atoms with Gasteiger partial charge in [0.15, 0.2) is 0 Å². The zero-order chi connectivity index (χ0) is 14.9. The Bertz CT molecular complexity index is 676. The van der Waals surface area contributed by atoms with E-state index in [1.807, 2.05) is 6.92 Å². The van der Waals surface area contributed by atoms with E-state index in [0.717, 1.165) is 8.61 Å². The Morgan fingerprint density at radius 3 is 2.60 bits per heavy atom. The fraction of sp³-hybridized carbons (Fsp3) is 0.357. The Kier molecular flexibility index (Phi) is 3.73. The first-order valence-corrected chi connectivity index (χ1v) is 7.73. The molecule has 0 bridgehead atoms. The molecule has 0 aliphatic carbocycles. The average Bonchev–Trinajstić information content (AvgIpc) is 2.43. The molecule has 1 aliphatic heterocycles. The highest BCUT2D eigenvalue weighted by Crippen LogP contribution is 2.33. The molecule has 6 heteroatoms. The van der Waals surface area contributed by atoms with Gasteiger partial charge in [0, 0.05) is 6.04 Å². The van der Waals surface area contributed by atoms with Gasteiger partial charge in [-0.2, -0.15) is 8.42 Å². The summed E-state index contributed by atoms with van der Waals surface area (Å²) < 4.78 is 27.3. The van der Waals surface area contributed by atoms with E-state index in [9.17, 15) is 13.2 Å². The van der Waals surface area contributed by atoms with Gasteiger partial charge in [0.2, 0.25) is 0 Å². The van der Waals surface area contributed by atoms with Crippen molar-refractivity contribution in [3.63, 3.8) is 0 Å². The van der Waals surface area contributed by atoms with Gasteiger partial charge in [-0.15, -0.1) is 6.42 Å². The van der Waals surface area contributed by atoms with E-state index in [1.165, 1.54) is 0 Å². The van der Waals surface area contributed by atoms with Crippen molar-refractivity contribution >= 4 is 21.8 Å². The van der Waals surface area contributed by atoms with Crippen molar-refractivity contribution in [2.45, 2.75) is 26.3 Å².